The summed E-state index contributed by atoms with van der Waals surface area (Å²) in [6.07, 6.45) is 0.409. The molecule has 0 radical (unpaired) electrons. The number of H-pyrrole nitrogens is 1. The van der Waals surface area contributed by atoms with E-state index in [9.17, 15) is 4.79 Å². The molecule has 0 aliphatic carbocycles. The smallest absolute Gasteiger partial charge is 0.274 e. The highest BCUT2D eigenvalue weighted by molar-refractivity contribution is 5.53. The zero-order chi connectivity index (χ0) is 20.6. The summed E-state index contributed by atoms with van der Waals surface area (Å²) in [5.74, 6) is 1.10. The lowest BCUT2D eigenvalue weighted by Crippen LogP contribution is -2.22. The van der Waals surface area contributed by atoms with Crippen LogP contribution in [0.3, 0.4) is 0 Å². The number of aromatic amines is 1. The predicted molar refractivity (Wildman–Crippen MR) is 115 cm³/mol. The summed E-state index contributed by atoms with van der Waals surface area (Å²) in [6.45, 7) is 7.29. The maximum absolute atomic E-state index is 12.4. The molecule has 152 valence electrons. The van der Waals surface area contributed by atoms with Crippen molar-refractivity contribution < 1.29 is 4.74 Å². The molecule has 7 heteroatoms. The van der Waals surface area contributed by atoms with E-state index in [1.165, 1.54) is 5.56 Å². The average Bonchev–Trinajstić information content (AvgIpc) is 2.75. The minimum absolute atomic E-state index is 0.253. The first-order chi connectivity index (χ1) is 14.1. The van der Waals surface area contributed by atoms with Crippen molar-refractivity contribution in [3.63, 3.8) is 0 Å². The predicted octanol–water partition coefficient (Wildman–Crippen LogP) is 3.35. The van der Waals surface area contributed by atoms with Crippen molar-refractivity contribution in [2.75, 3.05) is 25.5 Å². The van der Waals surface area contributed by atoms with Gasteiger partial charge in [0.05, 0.1) is 7.11 Å². The van der Waals surface area contributed by atoms with Gasteiger partial charge in [-0.2, -0.15) is 0 Å². The molecule has 3 aromatic rings. The Morgan fingerprint density at radius 3 is 2.21 bits per heavy atom. The maximum atomic E-state index is 12.4. The Hall–Kier alpha value is -3.19. The molecule has 2 N–H and O–H groups in total. The number of rotatable bonds is 9. The van der Waals surface area contributed by atoms with Gasteiger partial charge in [0.2, 0.25) is 5.95 Å². The number of anilines is 2. The number of benzene rings is 2. The monoisotopic (exact) mass is 393 g/mol. The Balaban J connectivity index is 1.64. The third-order valence-corrected chi connectivity index (χ3v) is 4.81. The fourth-order valence-corrected chi connectivity index (χ4v) is 3.00. The summed E-state index contributed by atoms with van der Waals surface area (Å²) in [5, 5.41) is 11.3. The lowest BCUT2D eigenvalue weighted by atomic mass is 10.1. The fourth-order valence-electron chi connectivity index (χ4n) is 3.00. The van der Waals surface area contributed by atoms with Crippen molar-refractivity contribution in [3.8, 4) is 5.75 Å². The number of hydrogen-bond acceptors (Lipinski definition) is 6. The number of nitrogens with one attached hydrogen (secondary N) is 2. The highest BCUT2D eigenvalue weighted by atomic mass is 16.5. The quantitative estimate of drug-likeness (QED) is 0.580. The summed E-state index contributed by atoms with van der Waals surface area (Å²) < 4.78 is 5.15. The molecule has 0 amide bonds. The maximum Gasteiger partial charge on any atom is 0.274 e. The Bertz CT molecular complexity index is 964. The number of ether oxygens (including phenoxy) is 1. The Labute approximate surface area is 170 Å². The lowest BCUT2D eigenvalue weighted by Gasteiger charge is -2.18. The van der Waals surface area contributed by atoms with Gasteiger partial charge >= 0.3 is 0 Å². The van der Waals surface area contributed by atoms with Crippen LogP contribution in [0.4, 0.5) is 11.6 Å². The molecule has 0 fully saturated rings. The number of hydrogen-bond donors (Lipinski definition) is 2. The van der Waals surface area contributed by atoms with Gasteiger partial charge < -0.3 is 10.1 Å². The minimum Gasteiger partial charge on any atom is -0.497 e. The van der Waals surface area contributed by atoms with Gasteiger partial charge in [-0.1, -0.05) is 38.1 Å². The Morgan fingerprint density at radius 1 is 0.966 bits per heavy atom. The van der Waals surface area contributed by atoms with Gasteiger partial charge in [-0.15, -0.1) is 10.2 Å². The van der Waals surface area contributed by atoms with E-state index in [1.807, 2.05) is 36.4 Å². The topological polar surface area (TPSA) is 83.1 Å². The first-order valence-corrected chi connectivity index (χ1v) is 9.78. The van der Waals surface area contributed by atoms with Gasteiger partial charge in [-0.05, 0) is 48.5 Å². The Morgan fingerprint density at radius 2 is 1.62 bits per heavy atom. The van der Waals surface area contributed by atoms with Crippen molar-refractivity contribution in [1.29, 1.82) is 0 Å². The highest BCUT2D eigenvalue weighted by Crippen LogP contribution is 2.15. The molecule has 0 atom stereocenters. The summed E-state index contributed by atoms with van der Waals surface area (Å²) in [4.78, 5) is 17.5. The largest absolute Gasteiger partial charge is 0.497 e. The zero-order valence-electron chi connectivity index (χ0n) is 17.1. The van der Waals surface area contributed by atoms with Crippen molar-refractivity contribution >= 4 is 11.6 Å². The third-order valence-electron chi connectivity index (χ3n) is 4.81. The van der Waals surface area contributed by atoms with E-state index in [0.29, 0.717) is 18.1 Å². The molecule has 2 aromatic carbocycles. The second kappa shape index (κ2) is 9.84. The molecule has 7 nitrogen and oxygen atoms in total. The molecular formula is C22H27N5O2. The summed E-state index contributed by atoms with van der Waals surface area (Å²) in [6, 6.07) is 15.6. The van der Waals surface area contributed by atoms with E-state index in [0.717, 1.165) is 36.6 Å². The molecule has 3 rings (SSSR count). The van der Waals surface area contributed by atoms with Crippen LogP contribution in [-0.2, 0) is 13.0 Å². The lowest BCUT2D eigenvalue weighted by molar-refractivity contribution is 0.296. The van der Waals surface area contributed by atoms with Crippen molar-refractivity contribution in [3.05, 3.63) is 75.7 Å². The Kier molecular flexibility index (Phi) is 6.97. The zero-order valence-corrected chi connectivity index (χ0v) is 17.1. The van der Waals surface area contributed by atoms with Gasteiger partial charge in [0.15, 0.2) is 0 Å². The molecule has 0 saturated heterocycles. The summed E-state index contributed by atoms with van der Waals surface area (Å²) in [5.41, 5.74) is 3.18. The van der Waals surface area contributed by atoms with Crippen LogP contribution in [0.1, 0.15) is 30.7 Å². The van der Waals surface area contributed by atoms with Crippen molar-refractivity contribution in [1.82, 2.24) is 20.1 Å². The molecule has 0 aliphatic rings. The SMILES string of the molecule is CCN(CC)Cc1ccc(Nc2nnc(Cc3ccc(OC)cc3)c(=O)[nH]2)cc1. The normalized spacial score (nSPS) is 10.9. The van der Waals surface area contributed by atoms with E-state index in [1.54, 1.807) is 7.11 Å². The van der Waals surface area contributed by atoms with E-state index in [4.69, 9.17) is 4.74 Å². The van der Waals surface area contributed by atoms with Crippen LogP contribution in [0.2, 0.25) is 0 Å². The second-order valence-corrected chi connectivity index (χ2v) is 6.76. The first kappa shape index (κ1) is 20.5. The van der Waals surface area contributed by atoms with E-state index in [2.05, 4.69) is 51.4 Å². The molecule has 0 saturated carbocycles. The van der Waals surface area contributed by atoms with E-state index >= 15 is 0 Å². The van der Waals surface area contributed by atoms with Crippen LogP contribution < -0.4 is 15.6 Å². The van der Waals surface area contributed by atoms with Gasteiger partial charge in [0.25, 0.3) is 5.56 Å². The molecular weight excluding hydrogens is 366 g/mol. The van der Waals surface area contributed by atoms with Crippen LogP contribution in [0.15, 0.2) is 53.3 Å². The third kappa shape index (κ3) is 5.65. The number of methoxy groups -OCH3 is 1. The van der Waals surface area contributed by atoms with Gasteiger partial charge in [-0.3, -0.25) is 14.7 Å². The number of nitrogens with zero attached hydrogens (tertiary/aromatic N) is 3. The molecule has 1 heterocycles. The van der Waals surface area contributed by atoms with Crippen molar-refractivity contribution in [2.24, 2.45) is 0 Å². The summed E-state index contributed by atoms with van der Waals surface area (Å²) in [7, 11) is 1.62. The van der Waals surface area contributed by atoms with Crippen LogP contribution in [0, 0.1) is 0 Å². The highest BCUT2D eigenvalue weighted by Gasteiger charge is 2.07. The standard InChI is InChI=1S/C22H27N5O2/c1-4-27(5-2)15-17-6-10-18(11-7-17)23-22-24-21(28)20(25-26-22)14-16-8-12-19(29-3)13-9-16/h6-13H,4-5,14-15H2,1-3H3,(H2,23,24,26,28). The molecule has 0 spiro atoms. The minimum atomic E-state index is -0.253. The van der Waals surface area contributed by atoms with Crippen LogP contribution >= 0.6 is 0 Å². The number of aromatic nitrogens is 3. The first-order valence-electron chi connectivity index (χ1n) is 9.78. The van der Waals surface area contributed by atoms with Gasteiger partial charge in [-0.25, -0.2) is 0 Å². The van der Waals surface area contributed by atoms with Crippen LogP contribution in [0.25, 0.3) is 0 Å². The van der Waals surface area contributed by atoms with Gasteiger partial charge in [0, 0.05) is 18.7 Å². The molecule has 29 heavy (non-hydrogen) atoms. The molecule has 0 aliphatic heterocycles. The van der Waals surface area contributed by atoms with E-state index in [-0.39, 0.29) is 5.56 Å². The van der Waals surface area contributed by atoms with Crippen LogP contribution in [0.5, 0.6) is 5.75 Å². The van der Waals surface area contributed by atoms with E-state index < -0.39 is 0 Å². The molecule has 0 unspecified atom stereocenters. The average molecular weight is 393 g/mol. The summed E-state index contributed by atoms with van der Waals surface area (Å²) >= 11 is 0. The molecule has 0 bridgehead atoms. The van der Waals surface area contributed by atoms with Gasteiger partial charge in [0.1, 0.15) is 11.4 Å². The van der Waals surface area contributed by atoms with Crippen molar-refractivity contribution in [2.45, 2.75) is 26.8 Å². The second-order valence-electron chi connectivity index (χ2n) is 6.76. The van der Waals surface area contributed by atoms with Crippen LogP contribution in [-0.4, -0.2) is 40.3 Å². The fraction of sp³-hybridized carbons (Fsp3) is 0.318. The molecule has 1 aromatic heterocycles.